The molecular formula is C26H33N3O2. The van der Waals surface area contributed by atoms with Crippen LogP contribution in [0.5, 0.6) is 11.6 Å². The van der Waals surface area contributed by atoms with Crippen molar-refractivity contribution in [2.45, 2.75) is 52.7 Å². The maximum absolute atomic E-state index is 10.1. The molecule has 1 saturated carbocycles. The average Bonchev–Trinajstić information content (AvgIpc) is 3.51. The van der Waals surface area contributed by atoms with Crippen LogP contribution in [-0.2, 0) is 13.0 Å². The molecule has 0 spiro atoms. The number of hydrogen-bond acceptors (Lipinski definition) is 4. The van der Waals surface area contributed by atoms with Gasteiger partial charge in [-0.1, -0.05) is 42.8 Å². The molecule has 0 aliphatic heterocycles. The highest BCUT2D eigenvalue weighted by molar-refractivity contribution is 5.44. The second kappa shape index (κ2) is 9.67. The van der Waals surface area contributed by atoms with Crippen molar-refractivity contribution in [3.8, 4) is 17.3 Å². The summed E-state index contributed by atoms with van der Waals surface area (Å²) in [6.45, 7) is 8.45. The molecule has 0 radical (unpaired) electrons. The molecule has 0 bridgehead atoms. The van der Waals surface area contributed by atoms with Gasteiger partial charge in [0.05, 0.1) is 23.0 Å². The molecule has 5 heteroatoms. The second-order valence-electron chi connectivity index (χ2n) is 8.73. The Morgan fingerprint density at radius 3 is 2.45 bits per heavy atom. The lowest BCUT2D eigenvalue weighted by Gasteiger charge is -2.24. The van der Waals surface area contributed by atoms with Gasteiger partial charge in [-0.15, -0.1) is 0 Å². The summed E-state index contributed by atoms with van der Waals surface area (Å²) in [6, 6.07) is 18.3. The van der Waals surface area contributed by atoms with Gasteiger partial charge in [0.15, 0.2) is 0 Å². The number of rotatable bonds is 10. The van der Waals surface area contributed by atoms with Gasteiger partial charge in [0, 0.05) is 19.6 Å². The zero-order valence-electron chi connectivity index (χ0n) is 18.8. The minimum atomic E-state index is -0.366. The summed E-state index contributed by atoms with van der Waals surface area (Å²) in [5.74, 6) is 2.31. The lowest BCUT2D eigenvalue weighted by atomic mass is 10.1. The third kappa shape index (κ3) is 5.54. The minimum Gasteiger partial charge on any atom is -0.439 e. The Morgan fingerprint density at radius 1 is 1.13 bits per heavy atom. The van der Waals surface area contributed by atoms with Crippen LogP contribution in [0.3, 0.4) is 0 Å². The Labute approximate surface area is 185 Å². The standard InChI is InChI=1S/C26H33N3O2/c1-4-25-24(18-28(16-20(3)30)17-21-12-13-21)26(31-23-14-10-19(2)11-15-23)29(27-25)22-8-6-5-7-9-22/h5-11,14-15,20-21,30H,4,12-13,16-18H2,1-3H3. The van der Waals surface area contributed by atoms with Crippen LogP contribution in [0.4, 0.5) is 0 Å². The van der Waals surface area contributed by atoms with Crippen molar-refractivity contribution in [2.75, 3.05) is 13.1 Å². The van der Waals surface area contributed by atoms with Gasteiger partial charge in [0.25, 0.3) is 0 Å². The molecule has 1 atom stereocenters. The molecule has 0 amide bonds. The molecule has 4 rings (SSSR count). The fourth-order valence-corrected chi connectivity index (χ4v) is 3.95. The van der Waals surface area contributed by atoms with Gasteiger partial charge in [-0.2, -0.15) is 5.10 Å². The first-order valence-electron chi connectivity index (χ1n) is 11.3. The van der Waals surface area contributed by atoms with Gasteiger partial charge in [0.2, 0.25) is 5.88 Å². The molecule has 1 aliphatic rings. The lowest BCUT2D eigenvalue weighted by molar-refractivity contribution is 0.118. The van der Waals surface area contributed by atoms with E-state index in [-0.39, 0.29) is 6.10 Å². The predicted molar refractivity (Wildman–Crippen MR) is 124 cm³/mol. The Hall–Kier alpha value is -2.63. The first-order chi connectivity index (χ1) is 15.0. The van der Waals surface area contributed by atoms with E-state index in [1.165, 1.54) is 18.4 Å². The summed E-state index contributed by atoms with van der Waals surface area (Å²) in [6.07, 6.45) is 3.03. The van der Waals surface area contributed by atoms with Crippen LogP contribution < -0.4 is 4.74 Å². The monoisotopic (exact) mass is 419 g/mol. The van der Waals surface area contributed by atoms with E-state index in [1.54, 1.807) is 0 Å². The van der Waals surface area contributed by atoms with E-state index in [0.29, 0.717) is 6.54 Å². The van der Waals surface area contributed by atoms with E-state index in [1.807, 2.05) is 41.9 Å². The lowest BCUT2D eigenvalue weighted by Crippen LogP contribution is -2.32. The van der Waals surface area contributed by atoms with Crippen LogP contribution in [0.25, 0.3) is 5.69 Å². The highest BCUT2D eigenvalue weighted by Gasteiger charge is 2.28. The molecule has 1 aliphatic carbocycles. The molecule has 1 unspecified atom stereocenters. The van der Waals surface area contributed by atoms with Gasteiger partial charge in [-0.25, -0.2) is 4.68 Å². The van der Waals surface area contributed by atoms with E-state index in [4.69, 9.17) is 9.84 Å². The number of ether oxygens (including phenoxy) is 1. The van der Waals surface area contributed by atoms with Crippen LogP contribution >= 0.6 is 0 Å². The van der Waals surface area contributed by atoms with Crippen LogP contribution in [-0.4, -0.2) is 39.0 Å². The van der Waals surface area contributed by atoms with Crippen molar-refractivity contribution in [3.05, 3.63) is 71.4 Å². The summed E-state index contributed by atoms with van der Waals surface area (Å²) in [4.78, 5) is 2.36. The molecule has 1 fully saturated rings. The molecule has 1 N–H and O–H groups in total. The zero-order valence-corrected chi connectivity index (χ0v) is 18.8. The first kappa shape index (κ1) is 21.6. The molecule has 0 saturated heterocycles. The van der Waals surface area contributed by atoms with E-state index >= 15 is 0 Å². The van der Waals surface area contributed by atoms with Crippen LogP contribution in [0, 0.1) is 12.8 Å². The summed E-state index contributed by atoms with van der Waals surface area (Å²) >= 11 is 0. The third-order valence-electron chi connectivity index (χ3n) is 5.71. The van der Waals surface area contributed by atoms with Crippen molar-refractivity contribution >= 4 is 0 Å². The maximum atomic E-state index is 10.1. The molecule has 5 nitrogen and oxygen atoms in total. The Bertz CT molecular complexity index is 972. The van der Waals surface area contributed by atoms with Gasteiger partial charge < -0.3 is 9.84 Å². The quantitative estimate of drug-likeness (QED) is 0.495. The zero-order chi connectivity index (χ0) is 21.8. The Balaban J connectivity index is 1.74. The minimum absolute atomic E-state index is 0.366. The molecule has 31 heavy (non-hydrogen) atoms. The van der Waals surface area contributed by atoms with Crippen molar-refractivity contribution in [1.82, 2.24) is 14.7 Å². The van der Waals surface area contributed by atoms with Crippen LogP contribution in [0.2, 0.25) is 0 Å². The van der Waals surface area contributed by atoms with Gasteiger partial charge in [0.1, 0.15) is 5.75 Å². The fraction of sp³-hybridized carbons (Fsp3) is 0.423. The third-order valence-corrected chi connectivity index (χ3v) is 5.71. The summed E-state index contributed by atoms with van der Waals surface area (Å²) in [5, 5.41) is 15.0. The number of nitrogens with zero attached hydrogens (tertiary/aromatic N) is 3. The number of aliphatic hydroxyl groups excluding tert-OH is 1. The average molecular weight is 420 g/mol. The van der Waals surface area contributed by atoms with Crippen molar-refractivity contribution in [1.29, 1.82) is 0 Å². The number of benzene rings is 2. The highest BCUT2D eigenvalue weighted by atomic mass is 16.5. The van der Waals surface area contributed by atoms with Crippen LogP contribution in [0.15, 0.2) is 54.6 Å². The van der Waals surface area contributed by atoms with E-state index < -0.39 is 0 Å². The van der Waals surface area contributed by atoms with E-state index in [9.17, 15) is 5.11 Å². The van der Waals surface area contributed by atoms with Crippen LogP contribution in [0.1, 0.15) is 43.5 Å². The van der Waals surface area contributed by atoms with Crippen molar-refractivity contribution in [3.63, 3.8) is 0 Å². The smallest absolute Gasteiger partial charge is 0.227 e. The van der Waals surface area contributed by atoms with E-state index in [0.717, 1.165) is 54.0 Å². The van der Waals surface area contributed by atoms with Gasteiger partial charge >= 0.3 is 0 Å². The molecule has 164 valence electrons. The van der Waals surface area contributed by atoms with Gasteiger partial charge in [-0.3, -0.25) is 4.90 Å². The summed E-state index contributed by atoms with van der Waals surface area (Å²) in [5.41, 5.74) is 4.33. The molecular weight excluding hydrogens is 386 g/mol. The van der Waals surface area contributed by atoms with Crippen molar-refractivity contribution in [2.24, 2.45) is 5.92 Å². The number of aryl methyl sites for hydroxylation is 2. The number of para-hydroxylation sites is 1. The summed E-state index contributed by atoms with van der Waals surface area (Å²) in [7, 11) is 0. The van der Waals surface area contributed by atoms with E-state index in [2.05, 4.69) is 43.0 Å². The highest BCUT2D eigenvalue weighted by Crippen LogP contribution is 2.34. The number of hydrogen-bond donors (Lipinski definition) is 1. The Kier molecular flexibility index (Phi) is 6.73. The first-order valence-corrected chi connectivity index (χ1v) is 11.3. The normalized spacial score (nSPS) is 14.7. The summed E-state index contributed by atoms with van der Waals surface area (Å²) < 4.78 is 8.39. The fourth-order valence-electron chi connectivity index (χ4n) is 3.95. The molecule has 2 aromatic carbocycles. The Morgan fingerprint density at radius 2 is 1.84 bits per heavy atom. The molecule has 1 aromatic heterocycles. The van der Waals surface area contributed by atoms with Gasteiger partial charge in [-0.05, 0) is 63.3 Å². The maximum Gasteiger partial charge on any atom is 0.227 e. The predicted octanol–water partition coefficient (Wildman–Crippen LogP) is 5.13. The second-order valence-corrected chi connectivity index (χ2v) is 8.73. The molecule has 1 heterocycles. The SMILES string of the molecule is CCc1nn(-c2ccccc2)c(Oc2ccc(C)cc2)c1CN(CC(C)O)CC1CC1. The number of aliphatic hydroxyl groups is 1. The topological polar surface area (TPSA) is 50.5 Å². The van der Waals surface area contributed by atoms with Crippen molar-refractivity contribution < 1.29 is 9.84 Å². The largest absolute Gasteiger partial charge is 0.439 e. The number of aromatic nitrogens is 2. The molecule has 3 aromatic rings.